The molecule has 0 aliphatic rings. The Morgan fingerprint density at radius 3 is 1.32 bits per heavy atom. The third-order valence-corrected chi connectivity index (χ3v) is 3.11. The fourth-order valence-electron chi connectivity index (χ4n) is 1.97. The standard InChI is InChI=1S/C16H22N4.2HNO3/c1(7-19-13-15-3-9-17-10-4-15)2-8-20-14-16-5-11-18-12-6-16;2*2-1(3)4/h3-6,9-12,19-20H,1-2,7-8,13-14H2;2*(H,2,3,4). The van der Waals surface area contributed by atoms with Crippen LogP contribution in [-0.2, 0) is 13.1 Å². The maximum atomic E-state index is 8.36. The van der Waals surface area contributed by atoms with Crippen molar-refractivity contribution in [2.24, 2.45) is 0 Å². The number of nitrogens with zero attached hydrogens (tertiary/aromatic N) is 4. The van der Waals surface area contributed by atoms with Gasteiger partial charge in [0.05, 0.1) is 0 Å². The van der Waals surface area contributed by atoms with Gasteiger partial charge in [-0.05, 0) is 61.3 Å². The molecule has 2 rings (SSSR count). The zero-order valence-corrected chi connectivity index (χ0v) is 15.2. The van der Waals surface area contributed by atoms with Gasteiger partial charge in [0.15, 0.2) is 0 Å². The molecule has 12 nitrogen and oxygen atoms in total. The van der Waals surface area contributed by atoms with Crippen molar-refractivity contribution in [3.05, 3.63) is 80.4 Å². The lowest BCUT2D eigenvalue weighted by Crippen LogP contribution is -2.18. The molecule has 2 aromatic rings. The number of aromatic nitrogens is 2. The number of hydrogen-bond donors (Lipinski definition) is 4. The summed E-state index contributed by atoms with van der Waals surface area (Å²) >= 11 is 0. The Kier molecular flexibility index (Phi) is 15.0. The molecule has 0 amide bonds. The van der Waals surface area contributed by atoms with E-state index in [9.17, 15) is 0 Å². The second-order valence-electron chi connectivity index (χ2n) is 5.25. The summed E-state index contributed by atoms with van der Waals surface area (Å²) < 4.78 is 0. The molecular weight excluding hydrogens is 372 g/mol. The maximum absolute atomic E-state index is 8.36. The molecule has 154 valence electrons. The van der Waals surface area contributed by atoms with E-state index in [0.29, 0.717) is 0 Å². The first kappa shape index (κ1) is 24.6. The van der Waals surface area contributed by atoms with Gasteiger partial charge in [-0.3, -0.25) is 9.97 Å². The minimum atomic E-state index is -1.50. The van der Waals surface area contributed by atoms with Crippen molar-refractivity contribution in [1.82, 2.24) is 20.6 Å². The molecule has 0 saturated carbocycles. The lowest BCUT2D eigenvalue weighted by molar-refractivity contribution is -0.742. The summed E-state index contributed by atoms with van der Waals surface area (Å²) in [6, 6.07) is 8.18. The predicted molar refractivity (Wildman–Crippen MR) is 98.7 cm³/mol. The van der Waals surface area contributed by atoms with E-state index in [4.69, 9.17) is 30.6 Å². The third kappa shape index (κ3) is 19.0. The molecule has 0 aliphatic carbocycles. The van der Waals surface area contributed by atoms with Crippen LogP contribution in [0.1, 0.15) is 24.0 Å². The minimum Gasteiger partial charge on any atom is -0.328 e. The van der Waals surface area contributed by atoms with Crippen molar-refractivity contribution in [3.8, 4) is 0 Å². The van der Waals surface area contributed by atoms with E-state index < -0.39 is 10.2 Å². The summed E-state index contributed by atoms with van der Waals surface area (Å²) in [7, 11) is 0. The first-order valence-electron chi connectivity index (χ1n) is 8.27. The molecule has 0 fully saturated rings. The van der Waals surface area contributed by atoms with Crippen LogP contribution in [0.4, 0.5) is 0 Å². The quantitative estimate of drug-likeness (QED) is 0.275. The smallest absolute Gasteiger partial charge is 0.291 e. The predicted octanol–water partition coefficient (Wildman–Crippen LogP) is 1.44. The van der Waals surface area contributed by atoms with Crippen molar-refractivity contribution >= 4 is 0 Å². The van der Waals surface area contributed by atoms with E-state index in [2.05, 4.69) is 20.6 Å². The molecule has 0 saturated heterocycles. The largest absolute Gasteiger partial charge is 0.328 e. The van der Waals surface area contributed by atoms with E-state index in [1.54, 1.807) is 0 Å². The number of pyridine rings is 2. The minimum absolute atomic E-state index is 0.924. The second-order valence-corrected chi connectivity index (χ2v) is 5.25. The van der Waals surface area contributed by atoms with E-state index in [1.165, 1.54) is 24.0 Å². The van der Waals surface area contributed by atoms with Crippen LogP contribution in [0.2, 0.25) is 0 Å². The molecule has 12 heteroatoms. The zero-order valence-electron chi connectivity index (χ0n) is 15.2. The van der Waals surface area contributed by atoms with Gasteiger partial charge in [0.25, 0.3) is 10.2 Å². The van der Waals surface area contributed by atoms with Gasteiger partial charge in [-0.2, -0.15) is 0 Å². The highest BCUT2D eigenvalue weighted by Gasteiger charge is 1.93. The summed E-state index contributed by atoms with van der Waals surface area (Å²) in [5.41, 5.74) is 2.58. The summed E-state index contributed by atoms with van der Waals surface area (Å²) in [5, 5.41) is 34.2. The topological polar surface area (TPSA) is 177 Å². The molecule has 0 bridgehead atoms. The Labute approximate surface area is 161 Å². The summed E-state index contributed by atoms with van der Waals surface area (Å²) in [6.45, 7) is 3.96. The van der Waals surface area contributed by atoms with Gasteiger partial charge in [0, 0.05) is 37.9 Å². The van der Waals surface area contributed by atoms with Gasteiger partial charge in [-0.25, -0.2) is 0 Å². The lowest BCUT2D eigenvalue weighted by atomic mass is 10.2. The number of nitrogens with one attached hydrogen (secondary N) is 2. The monoisotopic (exact) mass is 396 g/mol. The molecule has 0 aliphatic heterocycles. The first-order chi connectivity index (χ1) is 13.4. The number of rotatable bonds is 9. The molecule has 4 N–H and O–H groups in total. The van der Waals surface area contributed by atoms with Crippen LogP contribution in [0.15, 0.2) is 49.1 Å². The highest BCUT2D eigenvalue weighted by atomic mass is 16.9. The average Bonchev–Trinajstić information content (AvgIpc) is 2.65. The van der Waals surface area contributed by atoms with E-state index in [-0.39, 0.29) is 0 Å². The van der Waals surface area contributed by atoms with Crippen molar-refractivity contribution in [3.63, 3.8) is 0 Å². The van der Waals surface area contributed by atoms with Gasteiger partial charge in [-0.1, -0.05) is 0 Å². The average molecular weight is 396 g/mol. The molecular formula is C16H24N6O6. The SMILES string of the molecule is O=[N+]([O-])O.O=[N+]([O-])O.c1cc(CNCCCCNCc2ccncc2)ccn1. The maximum Gasteiger partial charge on any atom is 0.291 e. The van der Waals surface area contributed by atoms with E-state index >= 15 is 0 Å². The summed E-state index contributed by atoms with van der Waals surface area (Å²) in [4.78, 5) is 24.7. The normalized spacial score (nSPS) is 9.29. The van der Waals surface area contributed by atoms with Crippen molar-refractivity contribution in [1.29, 1.82) is 0 Å². The fraction of sp³-hybridized carbons (Fsp3) is 0.375. The van der Waals surface area contributed by atoms with Crippen LogP contribution in [0.3, 0.4) is 0 Å². The molecule has 0 radical (unpaired) electrons. The number of hydrogen-bond acceptors (Lipinski definition) is 8. The Bertz CT molecular complexity index is 581. The Balaban J connectivity index is 0.000000776. The van der Waals surface area contributed by atoms with Gasteiger partial charge in [0.1, 0.15) is 0 Å². The van der Waals surface area contributed by atoms with Crippen LogP contribution < -0.4 is 10.6 Å². The van der Waals surface area contributed by atoms with Crippen molar-refractivity contribution in [2.45, 2.75) is 25.9 Å². The Morgan fingerprint density at radius 2 is 1.04 bits per heavy atom. The fourth-order valence-corrected chi connectivity index (χ4v) is 1.97. The first-order valence-corrected chi connectivity index (χ1v) is 8.27. The third-order valence-electron chi connectivity index (χ3n) is 3.11. The van der Waals surface area contributed by atoms with Gasteiger partial charge in [-0.15, -0.1) is 20.2 Å². The van der Waals surface area contributed by atoms with Crippen LogP contribution in [0.25, 0.3) is 0 Å². The molecule has 2 aromatic heterocycles. The van der Waals surface area contributed by atoms with Gasteiger partial charge >= 0.3 is 0 Å². The van der Waals surface area contributed by atoms with Crippen LogP contribution in [0.5, 0.6) is 0 Å². The molecule has 28 heavy (non-hydrogen) atoms. The van der Waals surface area contributed by atoms with Crippen LogP contribution >= 0.6 is 0 Å². The van der Waals surface area contributed by atoms with Gasteiger partial charge in [0.2, 0.25) is 0 Å². The molecule has 0 aromatic carbocycles. The highest BCUT2D eigenvalue weighted by Crippen LogP contribution is 1.96. The molecule has 0 unspecified atom stereocenters. The molecule has 0 atom stereocenters. The zero-order chi connectivity index (χ0) is 21.0. The van der Waals surface area contributed by atoms with Crippen molar-refractivity contribution in [2.75, 3.05) is 13.1 Å². The Hall–Kier alpha value is -3.38. The van der Waals surface area contributed by atoms with Crippen LogP contribution in [0, 0.1) is 20.2 Å². The number of unbranched alkanes of at least 4 members (excludes halogenated alkanes) is 1. The second kappa shape index (κ2) is 17.1. The van der Waals surface area contributed by atoms with Crippen molar-refractivity contribution < 1.29 is 20.6 Å². The van der Waals surface area contributed by atoms with E-state index in [0.717, 1.165) is 26.2 Å². The lowest BCUT2D eigenvalue weighted by Gasteiger charge is -2.06. The Morgan fingerprint density at radius 1 is 0.750 bits per heavy atom. The van der Waals surface area contributed by atoms with Crippen LogP contribution in [-0.4, -0.2) is 43.6 Å². The summed E-state index contributed by atoms with van der Waals surface area (Å²) in [6.07, 6.45) is 9.71. The molecule has 0 spiro atoms. The summed E-state index contributed by atoms with van der Waals surface area (Å²) in [5.74, 6) is 0. The van der Waals surface area contributed by atoms with Gasteiger partial charge < -0.3 is 21.0 Å². The van der Waals surface area contributed by atoms with E-state index in [1.807, 2.05) is 49.1 Å². The molecule has 2 heterocycles. The highest BCUT2D eigenvalue weighted by molar-refractivity contribution is 5.09.